The lowest BCUT2D eigenvalue weighted by molar-refractivity contribution is 0.238. The molecule has 0 fully saturated rings. The molecular formula is C17H24N2O3S. The molecule has 23 heavy (non-hydrogen) atoms. The van der Waals surface area contributed by atoms with Gasteiger partial charge in [-0.2, -0.15) is 0 Å². The fourth-order valence-electron chi connectivity index (χ4n) is 2.58. The van der Waals surface area contributed by atoms with Crippen LogP contribution in [0.25, 0.3) is 0 Å². The van der Waals surface area contributed by atoms with Crippen molar-refractivity contribution in [3.8, 4) is 0 Å². The lowest BCUT2D eigenvalue weighted by Crippen LogP contribution is -2.38. The summed E-state index contributed by atoms with van der Waals surface area (Å²) in [5.74, 6) is 0.567. The van der Waals surface area contributed by atoms with E-state index < -0.39 is 9.84 Å². The number of carbonyl (C=O) groups excluding carboxylic acids is 1. The smallest absolute Gasteiger partial charge is 0.315 e. The first-order valence-corrected chi connectivity index (χ1v) is 9.91. The summed E-state index contributed by atoms with van der Waals surface area (Å²) in [6.45, 7) is 1.12. The summed E-state index contributed by atoms with van der Waals surface area (Å²) in [6, 6.07) is 7.08. The number of benzene rings is 1. The first-order chi connectivity index (χ1) is 10.9. The van der Waals surface area contributed by atoms with Crippen molar-refractivity contribution in [3.63, 3.8) is 0 Å². The maximum atomic E-state index is 11.8. The number of sulfone groups is 1. The van der Waals surface area contributed by atoms with Crippen LogP contribution >= 0.6 is 0 Å². The van der Waals surface area contributed by atoms with Crippen LogP contribution in [0.1, 0.15) is 30.4 Å². The monoisotopic (exact) mass is 336 g/mol. The van der Waals surface area contributed by atoms with Crippen LogP contribution in [0.3, 0.4) is 0 Å². The van der Waals surface area contributed by atoms with Crippen molar-refractivity contribution in [1.29, 1.82) is 0 Å². The zero-order valence-electron chi connectivity index (χ0n) is 13.4. The summed E-state index contributed by atoms with van der Waals surface area (Å²) in [6.07, 6.45) is 8.82. The van der Waals surface area contributed by atoms with Gasteiger partial charge >= 0.3 is 6.03 Å². The van der Waals surface area contributed by atoms with E-state index in [0.717, 1.165) is 30.4 Å². The molecule has 1 atom stereocenters. The first-order valence-electron chi connectivity index (χ1n) is 7.84. The van der Waals surface area contributed by atoms with E-state index in [2.05, 4.69) is 22.8 Å². The Morgan fingerprint density at radius 1 is 1.13 bits per heavy atom. The summed E-state index contributed by atoms with van der Waals surface area (Å²) in [5, 5.41) is 5.72. The molecule has 0 radical (unpaired) electrons. The number of amides is 2. The lowest BCUT2D eigenvalue weighted by Gasteiger charge is -2.18. The number of carbonyl (C=O) groups is 1. The van der Waals surface area contributed by atoms with Gasteiger partial charge in [-0.1, -0.05) is 36.4 Å². The van der Waals surface area contributed by atoms with Crippen LogP contribution in [-0.4, -0.2) is 27.2 Å². The van der Waals surface area contributed by atoms with Crippen molar-refractivity contribution in [2.24, 2.45) is 5.92 Å². The average Bonchev–Trinajstić information content (AvgIpc) is 2.52. The molecule has 2 rings (SSSR count). The Labute approximate surface area is 138 Å². The fourth-order valence-corrected chi connectivity index (χ4v) is 3.38. The molecule has 1 aromatic carbocycles. The number of hydrogen-bond acceptors (Lipinski definition) is 3. The normalized spacial score (nSPS) is 17.7. The van der Waals surface area contributed by atoms with Gasteiger partial charge in [0.25, 0.3) is 0 Å². The Balaban J connectivity index is 1.72. The summed E-state index contributed by atoms with van der Waals surface area (Å²) >= 11 is 0. The van der Waals surface area contributed by atoms with Gasteiger partial charge in [-0.15, -0.1) is 0 Å². The molecule has 1 aromatic rings. The van der Waals surface area contributed by atoms with E-state index in [0.29, 0.717) is 19.0 Å². The van der Waals surface area contributed by atoms with E-state index in [-0.39, 0.29) is 11.8 Å². The molecule has 0 heterocycles. The van der Waals surface area contributed by atoms with Crippen LogP contribution in [0.4, 0.5) is 4.79 Å². The van der Waals surface area contributed by atoms with Gasteiger partial charge in [0.1, 0.15) is 0 Å². The van der Waals surface area contributed by atoms with Crippen LogP contribution in [-0.2, 0) is 22.1 Å². The number of allylic oxidation sites excluding steroid dienone is 2. The number of hydrogen-bond donors (Lipinski definition) is 2. The maximum absolute atomic E-state index is 11.8. The molecule has 0 unspecified atom stereocenters. The summed E-state index contributed by atoms with van der Waals surface area (Å²) < 4.78 is 22.5. The van der Waals surface area contributed by atoms with E-state index in [1.807, 2.05) is 12.1 Å². The molecule has 0 saturated carbocycles. The quantitative estimate of drug-likeness (QED) is 0.783. The van der Waals surface area contributed by atoms with Gasteiger partial charge in [0.05, 0.1) is 5.75 Å². The summed E-state index contributed by atoms with van der Waals surface area (Å²) in [5.41, 5.74) is 1.70. The minimum Gasteiger partial charge on any atom is -0.338 e. The van der Waals surface area contributed by atoms with Gasteiger partial charge in [0.2, 0.25) is 0 Å². The van der Waals surface area contributed by atoms with Crippen molar-refractivity contribution in [3.05, 3.63) is 47.5 Å². The van der Waals surface area contributed by atoms with Crippen LogP contribution in [0.15, 0.2) is 36.4 Å². The van der Waals surface area contributed by atoms with Crippen LogP contribution in [0.5, 0.6) is 0 Å². The third-order valence-corrected chi connectivity index (χ3v) is 4.69. The van der Waals surface area contributed by atoms with Crippen LogP contribution in [0.2, 0.25) is 0 Å². The highest BCUT2D eigenvalue weighted by molar-refractivity contribution is 7.89. The summed E-state index contributed by atoms with van der Waals surface area (Å²) in [7, 11) is -3.02. The molecule has 126 valence electrons. The topological polar surface area (TPSA) is 75.3 Å². The Hall–Kier alpha value is -1.82. The zero-order chi connectivity index (χ0) is 16.7. The van der Waals surface area contributed by atoms with Gasteiger partial charge in [-0.25, -0.2) is 13.2 Å². The molecule has 0 aliphatic heterocycles. The molecule has 5 nitrogen and oxygen atoms in total. The van der Waals surface area contributed by atoms with Gasteiger partial charge in [-0.3, -0.25) is 0 Å². The molecule has 1 aliphatic rings. The highest BCUT2D eigenvalue weighted by atomic mass is 32.2. The van der Waals surface area contributed by atoms with Gasteiger partial charge in [-0.05, 0) is 36.3 Å². The third kappa shape index (κ3) is 6.86. The lowest BCUT2D eigenvalue weighted by atomic mass is 9.94. The number of nitrogens with one attached hydrogen (secondary N) is 2. The van der Waals surface area contributed by atoms with Crippen molar-refractivity contribution < 1.29 is 13.2 Å². The molecule has 0 aromatic heterocycles. The third-order valence-electron chi connectivity index (χ3n) is 3.83. The van der Waals surface area contributed by atoms with Crippen molar-refractivity contribution >= 4 is 15.9 Å². The minimum absolute atomic E-state index is 0.0387. The SMILES string of the molecule is CS(=O)(=O)Cc1ccc(CNC(=O)NC[C@@H]2CC=CCC2)cc1. The molecule has 0 spiro atoms. The second kappa shape index (κ2) is 8.15. The molecule has 6 heteroatoms. The van der Waals surface area contributed by atoms with Gasteiger partial charge in [0, 0.05) is 19.3 Å². The van der Waals surface area contributed by atoms with E-state index in [1.165, 1.54) is 6.26 Å². The molecule has 0 bridgehead atoms. The van der Waals surface area contributed by atoms with E-state index >= 15 is 0 Å². The van der Waals surface area contributed by atoms with Crippen molar-refractivity contribution in [2.45, 2.75) is 31.6 Å². The van der Waals surface area contributed by atoms with E-state index in [4.69, 9.17) is 0 Å². The highest BCUT2D eigenvalue weighted by Crippen LogP contribution is 2.16. The molecule has 0 saturated heterocycles. The Morgan fingerprint density at radius 3 is 2.43 bits per heavy atom. The fraction of sp³-hybridized carbons (Fsp3) is 0.471. The van der Waals surface area contributed by atoms with Crippen molar-refractivity contribution in [1.82, 2.24) is 10.6 Å². The predicted molar refractivity (Wildman–Crippen MR) is 91.7 cm³/mol. The Bertz CT molecular complexity index is 651. The highest BCUT2D eigenvalue weighted by Gasteiger charge is 2.11. The Kier molecular flexibility index (Phi) is 6.21. The Morgan fingerprint density at radius 2 is 1.83 bits per heavy atom. The summed E-state index contributed by atoms with van der Waals surface area (Å²) in [4.78, 5) is 11.8. The second-order valence-electron chi connectivity index (χ2n) is 6.10. The van der Waals surface area contributed by atoms with Gasteiger partial charge in [0.15, 0.2) is 9.84 Å². The second-order valence-corrected chi connectivity index (χ2v) is 8.24. The van der Waals surface area contributed by atoms with Crippen LogP contribution in [0, 0.1) is 5.92 Å². The number of rotatable bonds is 6. The molecule has 2 N–H and O–H groups in total. The standard InChI is InChI=1S/C17H24N2O3S/c1-23(21,22)13-16-9-7-15(8-10-16)12-19-17(20)18-11-14-5-3-2-4-6-14/h2-3,7-10,14H,4-6,11-13H2,1H3,(H2,18,19,20)/t14-/m1/s1. The van der Waals surface area contributed by atoms with E-state index in [9.17, 15) is 13.2 Å². The first kappa shape index (κ1) is 17.5. The van der Waals surface area contributed by atoms with E-state index in [1.54, 1.807) is 12.1 Å². The van der Waals surface area contributed by atoms with Crippen LogP contribution < -0.4 is 10.6 Å². The molecule has 2 amide bonds. The average molecular weight is 336 g/mol. The zero-order valence-corrected chi connectivity index (χ0v) is 14.2. The van der Waals surface area contributed by atoms with Crippen molar-refractivity contribution in [2.75, 3.05) is 12.8 Å². The predicted octanol–water partition coefficient (Wildman–Crippen LogP) is 2.39. The largest absolute Gasteiger partial charge is 0.338 e. The van der Waals surface area contributed by atoms with Gasteiger partial charge < -0.3 is 10.6 Å². The maximum Gasteiger partial charge on any atom is 0.315 e. The number of urea groups is 1. The molecule has 1 aliphatic carbocycles. The minimum atomic E-state index is -3.02. The molecular weight excluding hydrogens is 312 g/mol.